The molecule has 1 aromatic rings. The van der Waals surface area contributed by atoms with Gasteiger partial charge in [-0.15, -0.1) is 11.3 Å². The summed E-state index contributed by atoms with van der Waals surface area (Å²) in [6.07, 6.45) is 1.63. The van der Waals surface area contributed by atoms with E-state index in [0.717, 1.165) is 19.6 Å². The molecule has 0 bridgehead atoms. The first-order valence-corrected chi connectivity index (χ1v) is 8.77. The second kappa shape index (κ2) is 7.23. The average molecular weight is 311 g/mol. The largest absolute Gasteiger partial charge is 0.380 e. The molecule has 0 amide bonds. The average Bonchev–Trinajstić information content (AvgIpc) is 2.85. The molecule has 0 saturated carbocycles. The Bertz CT molecular complexity index is 438. The van der Waals surface area contributed by atoms with Crippen LogP contribution in [0.1, 0.15) is 43.9 Å². The first kappa shape index (κ1) is 16.9. The van der Waals surface area contributed by atoms with Crippen molar-refractivity contribution in [2.24, 2.45) is 5.92 Å². The van der Waals surface area contributed by atoms with Crippen molar-refractivity contribution < 1.29 is 4.74 Å². The third-order valence-electron chi connectivity index (χ3n) is 4.17. The van der Waals surface area contributed by atoms with Crippen molar-refractivity contribution in [1.29, 1.82) is 0 Å². The van der Waals surface area contributed by atoms with Gasteiger partial charge in [0.25, 0.3) is 0 Å². The molecule has 1 aliphatic rings. The van der Waals surface area contributed by atoms with Crippen molar-refractivity contribution in [2.75, 3.05) is 20.2 Å². The topological polar surface area (TPSA) is 24.5 Å². The van der Waals surface area contributed by atoms with Crippen LogP contribution in [0.5, 0.6) is 0 Å². The van der Waals surface area contributed by atoms with Gasteiger partial charge in [0.2, 0.25) is 0 Å². The van der Waals surface area contributed by atoms with Gasteiger partial charge in [0, 0.05) is 42.0 Å². The predicted octanol–water partition coefficient (Wildman–Crippen LogP) is 3.49. The summed E-state index contributed by atoms with van der Waals surface area (Å²) < 4.78 is 5.60. The van der Waals surface area contributed by atoms with Crippen LogP contribution in [0.15, 0.2) is 12.1 Å². The third-order valence-corrected chi connectivity index (χ3v) is 5.24. The number of hydrogen-bond donors (Lipinski definition) is 1. The Labute approximate surface area is 133 Å². The molecular weight excluding hydrogens is 280 g/mol. The highest BCUT2D eigenvalue weighted by molar-refractivity contribution is 7.11. The van der Waals surface area contributed by atoms with Crippen molar-refractivity contribution in [3.63, 3.8) is 0 Å². The molecule has 2 rings (SSSR count). The minimum atomic E-state index is 0.179. The van der Waals surface area contributed by atoms with E-state index < -0.39 is 0 Å². The lowest BCUT2D eigenvalue weighted by Crippen LogP contribution is -2.43. The van der Waals surface area contributed by atoms with Crippen LogP contribution < -0.4 is 5.32 Å². The monoisotopic (exact) mass is 310 g/mol. The number of nitrogens with zero attached hydrogens (tertiary/aromatic N) is 1. The number of rotatable bonds is 5. The van der Waals surface area contributed by atoms with E-state index in [2.05, 4.69) is 50.0 Å². The van der Waals surface area contributed by atoms with Crippen molar-refractivity contribution in [2.45, 2.75) is 58.8 Å². The molecular formula is C17H30N2OS. The molecule has 1 aliphatic heterocycles. The molecule has 120 valence electrons. The van der Waals surface area contributed by atoms with Gasteiger partial charge in [-0.1, -0.05) is 6.92 Å². The van der Waals surface area contributed by atoms with E-state index in [-0.39, 0.29) is 5.54 Å². The van der Waals surface area contributed by atoms with Crippen LogP contribution >= 0.6 is 11.3 Å². The molecule has 2 atom stereocenters. The van der Waals surface area contributed by atoms with Crippen molar-refractivity contribution in [3.8, 4) is 0 Å². The summed E-state index contributed by atoms with van der Waals surface area (Å²) in [4.78, 5) is 5.42. The fourth-order valence-corrected chi connectivity index (χ4v) is 3.72. The highest BCUT2D eigenvalue weighted by Gasteiger charge is 2.26. The molecule has 1 fully saturated rings. The Morgan fingerprint density at radius 2 is 2.05 bits per heavy atom. The van der Waals surface area contributed by atoms with Crippen LogP contribution in [-0.4, -0.2) is 36.7 Å². The number of likely N-dealkylation sites (tertiary alicyclic amines) is 1. The lowest BCUT2D eigenvalue weighted by atomic mass is 9.96. The first-order valence-electron chi connectivity index (χ1n) is 7.95. The van der Waals surface area contributed by atoms with E-state index in [4.69, 9.17) is 4.74 Å². The second-order valence-corrected chi connectivity index (χ2v) is 8.50. The number of hydrogen-bond acceptors (Lipinski definition) is 4. The van der Waals surface area contributed by atoms with Crippen LogP contribution in [0, 0.1) is 5.92 Å². The summed E-state index contributed by atoms with van der Waals surface area (Å²) in [6, 6.07) is 4.54. The van der Waals surface area contributed by atoms with Crippen LogP contribution in [0.2, 0.25) is 0 Å². The summed E-state index contributed by atoms with van der Waals surface area (Å²) in [5.41, 5.74) is 0.179. The lowest BCUT2D eigenvalue weighted by molar-refractivity contribution is -0.00716. The Kier molecular flexibility index (Phi) is 5.83. The van der Waals surface area contributed by atoms with Crippen molar-refractivity contribution in [1.82, 2.24) is 10.2 Å². The number of nitrogens with one attached hydrogen (secondary N) is 1. The quantitative estimate of drug-likeness (QED) is 0.901. The molecule has 1 N–H and O–H groups in total. The lowest BCUT2D eigenvalue weighted by Gasteiger charge is -2.35. The third kappa shape index (κ3) is 5.37. The predicted molar refractivity (Wildman–Crippen MR) is 90.8 cm³/mol. The molecule has 1 aromatic heterocycles. The van der Waals surface area contributed by atoms with Gasteiger partial charge in [-0.05, 0) is 51.8 Å². The van der Waals surface area contributed by atoms with E-state index in [1.165, 1.54) is 22.7 Å². The van der Waals surface area contributed by atoms with E-state index in [0.29, 0.717) is 12.0 Å². The van der Waals surface area contributed by atoms with Gasteiger partial charge in [-0.3, -0.25) is 4.90 Å². The minimum absolute atomic E-state index is 0.179. The summed E-state index contributed by atoms with van der Waals surface area (Å²) in [7, 11) is 1.84. The fraction of sp³-hybridized carbons (Fsp3) is 0.765. The number of piperidine rings is 1. The van der Waals surface area contributed by atoms with E-state index in [1.54, 1.807) is 0 Å². The molecule has 21 heavy (non-hydrogen) atoms. The fourth-order valence-electron chi connectivity index (χ4n) is 2.72. The SMILES string of the molecule is COC1CN(Cc2ccc(CNC(C)(C)C)s2)CCC1C. The highest BCUT2D eigenvalue weighted by atomic mass is 32.1. The summed E-state index contributed by atoms with van der Waals surface area (Å²) in [5.74, 6) is 0.682. The second-order valence-electron chi connectivity index (χ2n) is 7.25. The van der Waals surface area contributed by atoms with E-state index in [1.807, 2.05) is 18.4 Å². The van der Waals surface area contributed by atoms with Gasteiger partial charge in [-0.25, -0.2) is 0 Å². The zero-order chi connectivity index (χ0) is 15.5. The number of thiophene rings is 1. The molecule has 3 nitrogen and oxygen atoms in total. The maximum Gasteiger partial charge on any atom is 0.0724 e. The molecule has 1 saturated heterocycles. The smallest absolute Gasteiger partial charge is 0.0724 e. The Balaban J connectivity index is 1.85. The van der Waals surface area contributed by atoms with Crippen LogP contribution in [0.25, 0.3) is 0 Å². The molecule has 0 spiro atoms. The van der Waals surface area contributed by atoms with Gasteiger partial charge >= 0.3 is 0 Å². The number of methoxy groups -OCH3 is 1. The normalized spacial score (nSPS) is 24.4. The molecule has 0 aliphatic carbocycles. The van der Waals surface area contributed by atoms with Crippen LogP contribution in [0.3, 0.4) is 0 Å². The zero-order valence-corrected chi connectivity index (χ0v) is 14.9. The Morgan fingerprint density at radius 3 is 2.71 bits per heavy atom. The van der Waals surface area contributed by atoms with Crippen molar-refractivity contribution >= 4 is 11.3 Å². The minimum Gasteiger partial charge on any atom is -0.380 e. The Morgan fingerprint density at radius 1 is 1.33 bits per heavy atom. The standard InChI is InChI=1S/C17H30N2OS/c1-13-8-9-19(12-16(13)20-5)11-15-7-6-14(21-15)10-18-17(2,3)4/h6-7,13,16,18H,8-12H2,1-5H3. The Hall–Kier alpha value is -0.420. The van der Waals surface area contributed by atoms with Gasteiger partial charge in [-0.2, -0.15) is 0 Å². The molecule has 0 radical (unpaired) electrons. The molecule has 4 heteroatoms. The molecule has 2 unspecified atom stereocenters. The van der Waals surface area contributed by atoms with Gasteiger partial charge < -0.3 is 10.1 Å². The van der Waals surface area contributed by atoms with Crippen LogP contribution in [-0.2, 0) is 17.8 Å². The van der Waals surface area contributed by atoms with Crippen molar-refractivity contribution in [3.05, 3.63) is 21.9 Å². The summed E-state index contributed by atoms with van der Waals surface area (Å²) in [5, 5.41) is 3.55. The first-order chi connectivity index (χ1) is 9.87. The van der Waals surface area contributed by atoms with Gasteiger partial charge in [0.05, 0.1) is 6.10 Å². The maximum absolute atomic E-state index is 5.60. The molecule has 0 aromatic carbocycles. The van der Waals surface area contributed by atoms with Gasteiger partial charge in [0.1, 0.15) is 0 Å². The summed E-state index contributed by atoms with van der Waals surface area (Å²) in [6.45, 7) is 13.2. The number of ether oxygens (including phenoxy) is 1. The van der Waals surface area contributed by atoms with E-state index >= 15 is 0 Å². The van der Waals surface area contributed by atoms with Crippen LogP contribution in [0.4, 0.5) is 0 Å². The summed E-state index contributed by atoms with van der Waals surface area (Å²) >= 11 is 1.93. The maximum atomic E-state index is 5.60. The van der Waals surface area contributed by atoms with Gasteiger partial charge in [0.15, 0.2) is 0 Å². The van der Waals surface area contributed by atoms with E-state index in [9.17, 15) is 0 Å². The molecule has 2 heterocycles. The zero-order valence-electron chi connectivity index (χ0n) is 14.1. The highest BCUT2D eigenvalue weighted by Crippen LogP contribution is 2.24.